The third-order valence-corrected chi connectivity index (χ3v) is 14.0. The van der Waals surface area contributed by atoms with Crippen molar-refractivity contribution in [1.29, 1.82) is 0 Å². The van der Waals surface area contributed by atoms with Gasteiger partial charge in [0.1, 0.15) is 0 Å². The summed E-state index contributed by atoms with van der Waals surface area (Å²) in [6.45, 7) is 22.9. The molecule has 10 aromatic carbocycles. The molecule has 0 radical (unpaired) electrons. The first-order valence-corrected chi connectivity index (χ1v) is 22.4. The zero-order valence-corrected chi connectivity index (χ0v) is 37.9. The van der Waals surface area contributed by atoms with Crippen LogP contribution in [-0.4, -0.2) is 0 Å². The van der Waals surface area contributed by atoms with Crippen molar-refractivity contribution in [3.05, 3.63) is 190 Å². The van der Waals surface area contributed by atoms with E-state index in [0.717, 1.165) is 0 Å². The lowest BCUT2D eigenvalue weighted by atomic mass is 9.84. The first-order valence-electron chi connectivity index (χ1n) is 22.4. The Morgan fingerprint density at radius 1 is 0.323 bits per heavy atom. The second-order valence-electron chi connectivity index (χ2n) is 18.4. The fraction of sp³-hybridized carbons (Fsp3) is 0.200. The smallest absolute Gasteiger partial charge is 0.0543 e. The Morgan fingerprint density at radius 2 is 0.661 bits per heavy atom. The maximum absolute atomic E-state index is 2.56. The fourth-order valence-corrected chi connectivity index (χ4v) is 10.2. The third kappa shape index (κ3) is 6.22. The standard InChI is InChI=1S/C60H56N2/c1-35(2)53-33-57(61(45-29-37(5)41(9)38(6)30-45)55-23-15-19-43-17-11-13-21-47(43)55)51-28-26-50-54(36(3)4)34-58(52-27-25-49(53)59(51)60(50)52)62(46-31-39(7)42(10)40(8)32-46)56-24-16-20-44-18-12-14-22-48(44)56/h11-36H,1-10H3. The molecule has 62 heavy (non-hydrogen) atoms. The molecule has 0 aliphatic heterocycles. The number of aryl methyl sites for hydroxylation is 4. The maximum atomic E-state index is 2.56. The van der Waals surface area contributed by atoms with E-state index in [1.165, 1.54) is 132 Å². The molecular formula is C60H56N2. The summed E-state index contributed by atoms with van der Waals surface area (Å²) in [6.07, 6.45) is 0. The van der Waals surface area contributed by atoms with E-state index < -0.39 is 0 Å². The molecule has 10 aromatic rings. The van der Waals surface area contributed by atoms with E-state index in [2.05, 4.69) is 225 Å². The molecule has 0 aliphatic carbocycles. The second-order valence-corrected chi connectivity index (χ2v) is 18.4. The fourth-order valence-electron chi connectivity index (χ4n) is 10.2. The van der Waals surface area contributed by atoms with Crippen LogP contribution >= 0.6 is 0 Å². The van der Waals surface area contributed by atoms with Gasteiger partial charge in [-0.2, -0.15) is 0 Å². The van der Waals surface area contributed by atoms with Crippen molar-refractivity contribution in [2.75, 3.05) is 9.80 Å². The normalized spacial score (nSPS) is 12.0. The number of fused-ring (bicyclic) bond motifs is 2. The van der Waals surface area contributed by atoms with Crippen molar-refractivity contribution in [2.45, 2.75) is 81.1 Å². The van der Waals surface area contributed by atoms with Crippen molar-refractivity contribution >= 4 is 88.0 Å². The number of hydrogen-bond donors (Lipinski definition) is 0. The molecule has 0 aliphatic rings. The van der Waals surface area contributed by atoms with E-state index >= 15 is 0 Å². The van der Waals surface area contributed by atoms with Crippen molar-refractivity contribution in [2.24, 2.45) is 0 Å². The molecule has 0 fully saturated rings. The van der Waals surface area contributed by atoms with Crippen LogP contribution in [-0.2, 0) is 0 Å². The summed E-state index contributed by atoms with van der Waals surface area (Å²) in [5.74, 6) is 0.591. The zero-order chi connectivity index (χ0) is 43.1. The van der Waals surface area contributed by atoms with Gasteiger partial charge in [-0.25, -0.2) is 0 Å². The van der Waals surface area contributed by atoms with Gasteiger partial charge in [0.2, 0.25) is 0 Å². The molecule has 0 saturated carbocycles. The van der Waals surface area contributed by atoms with Crippen molar-refractivity contribution in [3.8, 4) is 0 Å². The summed E-state index contributed by atoms with van der Waals surface area (Å²) in [6, 6.07) is 55.5. The van der Waals surface area contributed by atoms with Crippen LogP contribution in [0.2, 0.25) is 0 Å². The lowest BCUT2D eigenvalue weighted by Gasteiger charge is -2.33. The van der Waals surface area contributed by atoms with Gasteiger partial charge in [0.25, 0.3) is 0 Å². The van der Waals surface area contributed by atoms with E-state index in [1.807, 2.05) is 0 Å². The minimum Gasteiger partial charge on any atom is -0.309 e. The van der Waals surface area contributed by atoms with E-state index in [1.54, 1.807) is 0 Å². The number of hydrogen-bond acceptors (Lipinski definition) is 2. The highest BCUT2D eigenvalue weighted by Gasteiger charge is 2.27. The Morgan fingerprint density at radius 3 is 1.03 bits per heavy atom. The van der Waals surface area contributed by atoms with Crippen LogP contribution in [0.25, 0.3) is 53.9 Å². The molecule has 0 amide bonds. The van der Waals surface area contributed by atoms with Crippen LogP contribution in [0.5, 0.6) is 0 Å². The number of rotatable bonds is 8. The predicted octanol–water partition coefficient (Wildman–Crippen LogP) is 17.9. The largest absolute Gasteiger partial charge is 0.309 e. The highest BCUT2D eigenvalue weighted by atomic mass is 15.2. The molecule has 306 valence electrons. The van der Waals surface area contributed by atoms with E-state index in [0.29, 0.717) is 11.8 Å². The maximum Gasteiger partial charge on any atom is 0.0543 e. The molecule has 2 heteroatoms. The molecule has 0 bridgehead atoms. The summed E-state index contributed by atoms with van der Waals surface area (Å²) in [5, 5.41) is 12.8. The lowest BCUT2D eigenvalue weighted by Crippen LogP contribution is -2.14. The molecule has 0 spiro atoms. The third-order valence-electron chi connectivity index (χ3n) is 14.0. The quantitative estimate of drug-likeness (QED) is 0.141. The first-order chi connectivity index (χ1) is 29.9. The molecule has 0 saturated heterocycles. The SMILES string of the molecule is Cc1cc(N(c2cccc3ccccc23)c2cc(C(C)C)c3ccc4c(N(c5cc(C)c(C)c(C)c5)c5cccc6ccccc56)cc(C(C)C)c5ccc2c3c54)cc(C)c1C. The van der Waals surface area contributed by atoms with Gasteiger partial charge in [0.05, 0.1) is 22.7 Å². The van der Waals surface area contributed by atoms with Gasteiger partial charge in [-0.05, 0) is 179 Å². The van der Waals surface area contributed by atoms with E-state index in [9.17, 15) is 0 Å². The second kappa shape index (κ2) is 15.1. The van der Waals surface area contributed by atoms with Crippen LogP contribution in [0.4, 0.5) is 34.1 Å². The van der Waals surface area contributed by atoms with Gasteiger partial charge in [-0.15, -0.1) is 0 Å². The molecule has 10 rings (SSSR count). The molecule has 0 aromatic heterocycles. The summed E-state index contributed by atoms with van der Waals surface area (Å²) in [4.78, 5) is 5.12. The van der Waals surface area contributed by atoms with Crippen molar-refractivity contribution in [1.82, 2.24) is 0 Å². The van der Waals surface area contributed by atoms with Crippen LogP contribution in [0.1, 0.15) is 84.0 Å². The minimum absolute atomic E-state index is 0.295. The summed E-state index contributed by atoms with van der Waals surface area (Å²) >= 11 is 0. The van der Waals surface area contributed by atoms with Crippen LogP contribution in [0, 0.1) is 41.5 Å². The number of anilines is 6. The Balaban J connectivity index is 1.37. The van der Waals surface area contributed by atoms with Crippen LogP contribution in [0.15, 0.2) is 146 Å². The first kappa shape index (κ1) is 39.5. The lowest BCUT2D eigenvalue weighted by molar-refractivity contribution is 0.875. The van der Waals surface area contributed by atoms with Crippen molar-refractivity contribution < 1.29 is 0 Å². The summed E-state index contributed by atoms with van der Waals surface area (Å²) in [7, 11) is 0. The Hall–Kier alpha value is -6.64. The zero-order valence-electron chi connectivity index (χ0n) is 37.9. The number of benzene rings is 10. The Kier molecular flexibility index (Phi) is 9.60. The monoisotopic (exact) mass is 804 g/mol. The van der Waals surface area contributed by atoms with Gasteiger partial charge < -0.3 is 9.80 Å². The summed E-state index contributed by atoms with van der Waals surface area (Å²) in [5.41, 5.74) is 17.8. The Bertz CT molecular complexity index is 3100. The Labute approximate surface area is 367 Å². The summed E-state index contributed by atoms with van der Waals surface area (Å²) < 4.78 is 0. The van der Waals surface area contributed by atoms with Gasteiger partial charge >= 0.3 is 0 Å². The molecule has 0 heterocycles. The average Bonchev–Trinajstić information content (AvgIpc) is 3.27. The highest BCUT2D eigenvalue weighted by molar-refractivity contribution is 6.30. The molecule has 2 nitrogen and oxygen atoms in total. The van der Waals surface area contributed by atoms with E-state index in [4.69, 9.17) is 0 Å². The molecular weight excluding hydrogens is 749 g/mol. The van der Waals surface area contributed by atoms with E-state index in [-0.39, 0.29) is 0 Å². The predicted molar refractivity (Wildman–Crippen MR) is 271 cm³/mol. The molecule has 0 N–H and O–H groups in total. The number of nitrogens with zero attached hydrogens (tertiary/aromatic N) is 2. The van der Waals surface area contributed by atoms with Gasteiger partial charge in [-0.1, -0.05) is 125 Å². The molecule has 0 unspecified atom stereocenters. The van der Waals surface area contributed by atoms with Gasteiger partial charge in [0.15, 0.2) is 0 Å². The van der Waals surface area contributed by atoms with Crippen LogP contribution in [0.3, 0.4) is 0 Å². The van der Waals surface area contributed by atoms with Crippen molar-refractivity contribution in [3.63, 3.8) is 0 Å². The van der Waals surface area contributed by atoms with Crippen LogP contribution < -0.4 is 9.80 Å². The van der Waals surface area contributed by atoms with Gasteiger partial charge in [0, 0.05) is 32.9 Å². The average molecular weight is 805 g/mol. The highest BCUT2D eigenvalue weighted by Crippen LogP contribution is 2.52. The topological polar surface area (TPSA) is 6.48 Å². The minimum atomic E-state index is 0.295. The van der Waals surface area contributed by atoms with Gasteiger partial charge in [-0.3, -0.25) is 0 Å². The molecule has 0 atom stereocenters.